The summed E-state index contributed by atoms with van der Waals surface area (Å²) >= 11 is 0. The number of aryl methyl sites for hydroxylation is 1. The van der Waals surface area contributed by atoms with Gasteiger partial charge in [0.25, 0.3) is 0 Å². The predicted octanol–water partition coefficient (Wildman–Crippen LogP) is 3.96. The van der Waals surface area contributed by atoms with Crippen LogP contribution in [0, 0.1) is 6.92 Å². The van der Waals surface area contributed by atoms with Crippen molar-refractivity contribution < 1.29 is 22.3 Å². The van der Waals surface area contributed by atoms with E-state index in [0.29, 0.717) is 31.3 Å². The minimum Gasteiger partial charge on any atom is -0.465 e. The lowest BCUT2D eigenvalue weighted by atomic mass is 10.1. The number of aliphatic imine (C=N–C) groups is 1. The minimum absolute atomic E-state index is 0. The molecule has 172 valence electrons. The maximum atomic E-state index is 12.9. The monoisotopic (exact) mass is 552 g/mol. The molecule has 0 amide bonds. The number of nitrogens with one attached hydrogen (secondary N) is 2. The van der Waals surface area contributed by atoms with Gasteiger partial charge in [0, 0.05) is 33.2 Å². The Labute approximate surface area is 197 Å². The molecule has 0 bridgehead atoms. The van der Waals surface area contributed by atoms with Gasteiger partial charge < -0.3 is 19.8 Å². The van der Waals surface area contributed by atoms with Crippen LogP contribution in [0.4, 0.5) is 13.2 Å². The molecular formula is C21H28F3IN4O2. The summed E-state index contributed by atoms with van der Waals surface area (Å²) in [6, 6.07) is 9.16. The molecule has 1 saturated heterocycles. The molecular weight excluding hydrogens is 524 g/mol. The van der Waals surface area contributed by atoms with Gasteiger partial charge in [-0.2, -0.15) is 13.2 Å². The van der Waals surface area contributed by atoms with E-state index in [1.807, 2.05) is 19.1 Å². The standard InChI is InChI=1S/C21H27F3N4O2.HI/c1-15-6-7-19(30-15)18(28-8-10-29-11-9-28)14-27-20(25-2)26-13-16-4-3-5-17(12-16)21(22,23)24;/h3-7,12,18H,8-11,13-14H2,1-2H3,(H2,25,26,27);1H. The van der Waals surface area contributed by atoms with Crippen LogP contribution in [0.25, 0.3) is 0 Å². The number of hydrogen-bond donors (Lipinski definition) is 2. The van der Waals surface area contributed by atoms with Gasteiger partial charge in [-0.1, -0.05) is 12.1 Å². The Balaban J connectivity index is 0.00000341. The second kappa shape index (κ2) is 11.7. The molecule has 2 N–H and O–H groups in total. The average Bonchev–Trinajstić information content (AvgIpc) is 3.17. The van der Waals surface area contributed by atoms with Crippen molar-refractivity contribution in [3.63, 3.8) is 0 Å². The first-order valence-corrected chi connectivity index (χ1v) is 9.85. The van der Waals surface area contributed by atoms with Crippen LogP contribution < -0.4 is 10.6 Å². The molecule has 0 aliphatic carbocycles. The van der Waals surface area contributed by atoms with Crippen molar-refractivity contribution in [2.24, 2.45) is 4.99 Å². The summed E-state index contributed by atoms with van der Waals surface area (Å²) in [5.74, 6) is 2.21. The first-order valence-electron chi connectivity index (χ1n) is 9.85. The normalized spacial score (nSPS) is 16.5. The van der Waals surface area contributed by atoms with E-state index in [9.17, 15) is 13.2 Å². The molecule has 1 aromatic carbocycles. The van der Waals surface area contributed by atoms with E-state index in [4.69, 9.17) is 9.15 Å². The Kier molecular flexibility index (Phi) is 9.63. The zero-order chi connectivity index (χ0) is 21.6. The van der Waals surface area contributed by atoms with Crippen LogP contribution in [-0.2, 0) is 17.5 Å². The van der Waals surface area contributed by atoms with Crippen LogP contribution in [-0.4, -0.2) is 50.8 Å². The number of alkyl halides is 3. The number of rotatable bonds is 6. The van der Waals surface area contributed by atoms with Crippen molar-refractivity contribution in [1.29, 1.82) is 0 Å². The number of furan rings is 1. The summed E-state index contributed by atoms with van der Waals surface area (Å²) in [4.78, 5) is 6.48. The van der Waals surface area contributed by atoms with Gasteiger partial charge >= 0.3 is 6.18 Å². The van der Waals surface area contributed by atoms with Gasteiger partial charge in [-0.05, 0) is 36.8 Å². The fourth-order valence-corrected chi connectivity index (χ4v) is 3.39. The average molecular weight is 552 g/mol. The molecule has 2 heterocycles. The van der Waals surface area contributed by atoms with Gasteiger partial charge in [0.05, 0.1) is 24.8 Å². The van der Waals surface area contributed by atoms with E-state index in [-0.39, 0.29) is 36.6 Å². The third-order valence-electron chi connectivity index (χ3n) is 4.98. The summed E-state index contributed by atoms with van der Waals surface area (Å²) in [7, 11) is 1.63. The predicted molar refractivity (Wildman–Crippen MR) is 124 cm³/mol. The highest BCUT2D eigenvalue weighted by atomic mass is 127. The third-order valence-corrected chi connectivity index (χ3v) is 4.98. The molecule has 6 nitrogen and oxygen atoms in total. The summed E-state index contributed by atoms with van der Waals surface area (Å²) in [5.41, 5.74) is -0.135. The van der Waals surface area contributed by atoms with Crippen LogP contribution in [0.1, 0.15) is 28.7 Å². The minimum atomic E-state index is -4.36. The summed E-state index contributed by atoms with van der Waals surface area (Å²) in [6.07, 6.45) is -4.36. The molecule has 0 saturated carbocycles. The molecule has 1 aliphatic rings. The fraction of sp³-hybridized carbons (Fsp3) is 0.476. The van der Waals surface area contributed by atoms with Crippen LogP contribution >= 0.6 is 24.0 Å². The van der Waals surface area contributed by atoms with Gasteiger partial charge in [0.15, 0.2) is 5.96 Å². The summed E-state index contributed by atoms with van der Waals surface area (Å²) in [6.45, 7) is 5.59. The smallest absolute Gasteiger partial charge is 0.416 e. The molecule has 1 fully saturated rings. The van der Waals surface area contributed by atoms with E-state index >= 15 is 0 Å². The number of guanidine groups is 1. The lowest BCUT2D eigenvalue weighted by Gasteiger charge is -2.33. The fourth-order valence-electron chi connectivity index (χ4n) is 3.39. The zero-order valence-electron chi connectivity index (χ0n) is 17.5. The zero-order valence-corrected chi connectivity index (χ0v) is 19.9. The van der Waals surface area contributed by atoms with Gasteiger partial charge in [-0.15, -0.1) is 24.0 Å². The Morgan fingerprint density at radius 3 is 2.52 bits per heavy atom. The topological polar surface area (TPSA) is 62.0 Å². The molecule has 1 atom stereocenters. The summed E-state index contributed by atoms with van der Waals surface area (Å²) < 4.78 is 50.0. The molecule has 1 aliphatic heterocycles. The third kappa shape index (κ3) is 7.39. The van der Waals surface area contributed by atoms with Crippen molar-refractivity contribution in [1.82, 2.24) is 15.5 Å². The van der Waals surface area contributed by atoms with E-state index < -0.39 is 11.7 Å². The number of ether oxygens (including phenoxy) is 1. The van der Waals surface area contributed by atoms with E-state index in [2.05, 4.69) is 20.5 Å². The van der Waals surface area contributed by atoms with Crippen molar-refractivity contribution in [3.05, 3.63) is 59.0 Å². The SMILES string of the molecule is CN=C(NCc1cccc(C(F)(F)F)c1)NCC(c1ccc(C)o1)N1CCOCC1.I. The highest BCUT2D eigenvalue weighted by molar-refractivity contribution is 14.0. The molecule has 10 heteroatoms. The first-order chi connectivity index (χ1) is 14.4. The second-order valence-electron chi connectivity index (χ2n) is 7.12. The quantitative estimate of drug-likeness (QED) is 0.323. The molecule has 2 aromatic rings. The largest absolute Gasteiger partial charge is 0.465 e. The van der Waals surface area contributed by atoms with Gasteiger partial charge in [0.1, 0.15) is 11.5 Å². The van der Waals surface area contributed by atoms with E-state index in [1.165, 1.54) is 6.07 Å². The molecule has 31 heavy (non-hydrogen) atoms. The van der Waals surface area contributed by atoms with Crippen LogP contribution in [0.15, 0.2) is 45.8 Å². The Morgan fingerprint density at radius 1 is 1.16 bits per heavy atom. The van der Waals surface area contributed by atoms with Crippen molar-refractivity contribution >= 4 is 29.9 Å². The van der Waals surface area contributed by atoms with E-state index in [0.717, 1.165) is 36.7 Å². The van der Waals surface area contributed by atoms with Crippen LogP contribution in [0.2, 0.25) is 0 Å². The molecule has 1 unspecified atom stereocenters. The van der Waals surface area contributed by atoms with Gasteiger partial charge in [-0.25, -0.2) is 0 Å². The maximum Gasteiger partial charge on any atom is 0.416 e. The van der Waals surface area contributed by atoms with E-state index in [1.54, 1.807) is 13.1 Å². The highest BCUT2D eigenvalue weighted by Crippen LogP contribution is 2.29. The molecule has 0 radical (unpaired) electrons. The first kappa shape index (κ1) is 25.5. The Morgan fingerprint density at radius 2 is 1.90 bits per heavy atom. The molecule has 1 aromatic heterocycles. The maximum absolute atomic E-state index is 12.9. The molecule has 0 spiro atoms. The lowest BCUT2D eigenvalue weighted by Crippen LogP contribution is -2.46. The number of nitrogens with zero attached hydrogens (tertiary/aromatic N) is 2. The van der Waals surface area contributed by atoms with Crippen molar-refractivity contribution in [3.8, 4) is 0 Å². The second-order valence-corrected chi connectivity index (χ2v) is 7.12. The Bertz CT molecular complexity index is 851. The lowest BCUT2D eigenvalue weighted by molar-refractivity contribution is -0.137. The summed E-state index contributed by atoms with van der Waals surface area (Å²) in [5, 5.41) is 6.34. The number of benzene rings is 1. The van der Waals surface area contributed by atoms with Gasteiger partial charge in [0.2, 0.25) is 0 Å². The number of halogens is 4. The highest BCUT2D eigenvalue weighted by Gasteiger charge is 2.30. The van der Waals surface area contributed by atoms with Gasteiger partial charge in [-0.3, -0.25) is 9.89 Å². The van der Waals surface area contributed by atoms with Crippen LogP contribution in [0.5, 0.6) is 0 Å². The van der Waals surface area contributed by atoms with Crippen molar-refractivity contribution in [2.75, 3.05) is 39.9 Å². The number of hydrogen-bond acceptors (Lipinski definition) is 4. The van der Waals surface area contributed by atoms with Crippen LogP contribution in [0.3, 0.4) is 0 Å². The Hall–Kier alpha value is -1.79. The molecule has 3 rings (SSSR count). The van der Waals surface area contributed by atoms with Crippen molar-refractivity contribution in [2.45, 2.75) is 25.7 Å². The number of morpholine rings is 1.